The summed E-state index contributed by atoms with van der Waals surface area (Å²) in [6.07, 6.45) is 2.32. The molecule has 0 unspecified atom stereocenters. The summed E-state index contributed by atoms with van der Waals surface area (Å²) in [6, 6.07) is 9.77. The second-order valence-corrected chi connectivity index (χ2v) is 5.04. The largest absolute Gasteiger partial charge is 0.297 e. The Morgan fingerprint density at radius 1 is 1.25 bits per heavy atom. The van der Waals surface area contributed by atoms with E-state index in [0.29, 0.717) is 6.42 Å². The van der Waals surface area contributed by atoms with Gasteiger partial charge < -0.3 is 0 Å². The summed E-state index contributed by atoms with van der Waals surface area (Å²) in [5.41, 5.74) is 1.10. The highest BCUT2D eigenvalue weighted by atomic mass is 16.1. The second kappa shape index (κ2) is 5.59. The number of Topliss-reactive ketones (excluding diaryl/α,β-unsaturated/α-hetero) is 1. The molecule has 0 heterocycles. The average Bonchev–Trinajstić information content (AvgIpc) is 2.17. The van der Waals surface area contributed by atoms with Crippen molar-refractivity contribution >= 4 is 12.0 Å². The Kier molecular flexibility index (Phi) is 4.41. The Hall–Kier alpha value is -1.44. The molecule has 2 nitrogen and oxygen atoms in total. The van der Waals surface area contributed by atoms with E-state index in [-0.39, 0.29) is 17.7 Å². The molecular weight excluding hydrogens is 198 g/mol. The van der Waals surface area contributed by atoms with Gasteiger partial charge in [0.2, 0.25) is 0 Å². The first-order chi connectivity index (χ1) is 7.47. The van der Waals surface area contributed by atoms with Crippen LogP contribution in [0.5, 0.6) is 0 Å². The van der Waals surface area contributed by atoms with Crippen LogP contribution in [0.2, 0.25) is 0 Å². The van der Waals surface area contributed by atoms with E-state index in [2.05, 4.69) is 25.8 Å². The first-order valence-electron chi connectivity index (χ1n) is 5.54. The van der Waals surface area contributed by atoms with Gasteiger partial charge in [-0.05, 0) is 11.0 Å². The Bertz CT molecular complexity index is 360. The zero-order chi connectivity index (χ0) is 12.0. The van der Waals surface area contributed by atoms with Crippen molar-refractivity contribution in [3.63, 3.8) is 0 Å². The van der Waals surface area contributed by atoms with E-state index in [0.717, 1.165) is 5.56 Å². The molecule has 0 N–H and O–H groups in total. The number of carbonyl (C=O) groups excluding carboxylic acids is 1. The summed E-state index contributed by atoms with van der Waals surface area (Å²) in [7, 11) is 0. The van der Waals surface area contributed by atoms with E-state index in [4.69, 9.17) is 0 Å². The van der Waals surface area contributed by atoms with Crippen molar-refractivity contribution in [3.8, 4) is 0 Å². The van der Waals surface area contributed by atoms with E-state index in [1.807, 2.05) is 36.5 Å². The van der Waals surface area contributed by atoms with E-state index in [1.165, 1.54) is 0 Å². The molecule has 0 bridgehead atoms. The zero-order valence-electron chi connectivity index (χ0n) is 10.2. The van der Waals surface area contributed by atoms with Gasteiger partial charge in [0, 0.05) is 12.6 Å². The third-order valence-electron chi connectivity index (χ3n) is 1.99. The van der Waals surface area contributed by atoms with Crippen molar-refractivity contribution in [1.82, 2.24) is 0 Å². The third-order valence-corrected chi connectivity index (χ3v) is 1.99. The van der Waals surface area contributed by atoms with Crippen LogP contribution in [0.1, 0.15) is 26.3 Å². The Morgan fingerprint density at radius 3 is 2.44 bits per heavy atom. The summed E-state index contributed by atoms with van der Waals surface area (Å²) in [5, 5.41) is 0. The van der Waals surface area contributed by atoms with Crippen LogP contribution in [0.15, 0.2) is 35.3 Å². The highest BCUT2D eigenvalue weighted by Crippen LogP contribution is 2.08. The summed E-state index contributed by atoms with van der Waals surface area (Å²) in [4.78, 5) is 15.7. The molecule has 16 heavy (non-hydrogen) atoms. The van der Waals surface area contributed by atoms with Crippen LogP contribution in [-0.4, -0.2) is 18.5 Å². The van der Waals surface area contributed by atoms with Crippen LogP contribution in [0.3, 0.4) is 0 Å². The SMILES string of the molecule is CC(C)(C)C=NCC(=O)Cc1ccccc1. The van der Waals surface area contributed by atoms with Crippen LogP contribution < -0.4 is 0 Å². The lowest BCUT2D eigenvalue weighted by Gasteiger charge is -2.09. The molecular formula is C14H19NO. The number of rotatable bonds is 4. The van der Waals surface area contributed by atoms with Gasteiger partial charge in [0.1, 0.15) is 0 Å². The summed E-state index contributed by atoms with van der Waals surface area (Å²) in [6.45, 7) is 6.49. The smallest absolute Gasteiger partial charge is 0.158 e. The van der Waals surface area contributed by atoms with Crippen LogP contribution in [-0.2, 0) is 11.2 Å². The summed E-state index contributed by atoms with van der Waals surface area (Å²) in [5.74, 6) is 0.159. The minimum Gasteiger partial charge on any atom is -0.297 e. The molecule has 0 saturated heterocycles. The molecule has 0 spiro atoms. The highest BCUT2D eigenvalue weighted by Gasteiger charge is 2.06. The molecule has 0 aliphatic carbocycles. The van der Waals surface area contributed by atoms with Crippen molar-refractivity contribution in [2.45, 2.75) is 27.2 Å². The molecule has 86 valence electrons. The van der Waals surface area contributed by atoms with E-state index in [9.17, 15) is 4.79 Å². The van der Waals surface area contributed by atoms with Gasteiger partial charge in [0.05, 0.1) is 6.54 Å². The van der Waals surface area contributed by atoms with Crippen LogP contribution in [0.4, 0.5) is 0 Å². The summed E-state index contributed by atoms with van der Waals surface area (Å²) < 4.78 is 0. The molecule has 2 heteroatoms. The molecule has 0 aliphatic heterocycles. The van der Waals surface area contributed by atoms with Gasteiger partial charge in [-0.1, -0.05) is 51.1 Å². The average molecular weight is 217 g/mol. The van der Waals surface area contributed by atoms with Crippen molar-refractivity contribution in [3.05, 3.63) is 35.9 Å². The lowest BCUT2D eigenvalue weighted by molar-refractivity contribution is -0.117. The number of carbonyl (C=O) groups is 1. The normalized spacial score (nSPS) is 11.9. The van der Waals surface area contributed by atoms with Gasteiger partial charge in [-0.3, -0.25) is 9.79 Å². The quantitative estimate of drug-likeness (QED) is 0.713. The van der Waals surface area contributed by atoms with Gasteiger partial charge in [-0.2, -0.15) is 0 Å². The number of nitrogens with zero attached hydrogens (tertiary/aromatic N) is 1. The second-order valence-electron chi connectivity index (χ2n) is 5.04. The lowest BCUT2D eigenvalue weighted by atomic mass is 9.99. The maximum absolute atomic E-state index is 11.6. The molecule has 0 radical (unpaired) electrons. The predicted molar refractivity (Wildman–Crippen MR) is 68.0 cm³/mol. The fourth-order valence-electron chi connectivity index (χ4n) is 1.30. The van der Waals surface area contributed by atoms with Crippen LogP contribution in [0.25, 0.3) is 0 Å². The van der Waals surface area contributed by atoms with Gasteiger partial charge >= 0.3 is 0 Å². The molecule has 0 aliphatic rings. The highest BCUT2D eigenvalue weighted by molar-refractivity contribution is 5.84. The molecule has 1 aromatic rings. The van der Waals surface area contributed by atoms with E-state index in [1.54, 1.807) is 0 Å². The third kappa shape index (κ3) is 5.44. The van der Waals surface area contributed by atoms with Gasteiger partial charge in [-0.25, -0.2) is 0 Å². The van der Waals surface area contributed by atoms with Crippen molar-refractivity contribution in [2.75, 3.05) is 6.54 Å². The van der Waals surface area contributed by atoms with Gasteiger partial charge in [0.15, 0.2) is 5.78 Å². The van der Waals surface area contributed by atoms with Crippen LogP contribution in [0, 0.1) is 5.41 Å². The fourth-order valence-corrected chi connectivity index (χ4v) is 1.30. The maximum Gasteiger partial charge on any atom is 0.158 e. The molecule has 0 saturated carbocycles. The monoisotopic (exact) mass is 217 g/mol. The topological polar surface area (TPSA) is 29.4 Å². The lowest BCUT2D eigenvalue weighted by Crippen LogP contribution is -2.10. The Balaban J connectivity index is 2.41. The number of aliphatic imine (C=N–C) groups is 1. The first-order valence-corrected chi connectivity index (χ1v) is 5.54. The maximum atomic E-state index is 11.6. The van der Waals surface area contributed by atoms with E-state index >= 15 is 0 Å². The molecule has 0 atom stereocenters. The minimum absolute atomic E-state index is 0.0486. The van der Waals surface area contributed by atoms with E-state index < -0.39 is 0 Å². The number of ketones is 1. The molecule has 1 rings (SSSR count). The van der Waals surface area contributed by atoms with Crippen molar-refractivity contribution in [2.24, 2.45) is 10.4 Å². The standard InChI is InChI=1S/C14H19NO/c1-14(2,3)11-15-10-13(16)9-12-7-5-4-6-8-12/h4-8,11H,9-10H2,1-3H3. The van der Waals surface area contributed by atoms with Crippen molar-refractivity contribution in [1.29, 1.82) is 0 Å². The molecule has 1 aromatic carbocycles. The molecule has 0 fully saturated rings. The number of hydrogen-bond acceptors (Lipinski definition) is 2. The van der Waals surface area contributed by atoms with Gasteiger partial charge in [-0.15, -0.1) is 0 Å². The van der Waals surface area contributed by atoms with Crippen LogP contribution >= 0.6 is 0 Å². The zero-order valence-corrected chi connectivity index (χ0v) is 10.2. The van der Waals surface area contributed by atoms with Crippen molar-refractivity contribution < 1.29 is 4.79 Å². The number of hydrogen-bond donors (Lipinski definition) is 0. The molecule has 0 aromatic heterocycles. The van der Waals surface area contributed by atoms with Gasteiger partial charge in [0.25, 0.3) is 0 Å². The number of benzene rings is 1. The Labute approximate surface area is 97.4 Å². The fraction of sp³-hybridized carbons (Fsp3) is 0.429. The Morgan fingerprint density at radius 2 is 1.88 bits per heavy atom. The molecule has 0 amide bonds. The summed E-state index contributed by atoms with van der Waals surface area (Å²) >= 11 is 0. The first kappa shape index (κ1) is 12.6. The minimum atomic E-state index is 0.0486. The predicted octanol–water partition coefficient (Wildman–Crippen LogP) is 2.92.